The van der Waals surface area contributed by atoms with Crippen molar-refractivity contribution in [1.29, 1.82) is 0 Å². The van der Waals surface area contributed by atoms with Gasteiger partial charge in [-0.05, 0) is 59.2 Å². The molecular weight excluding hydrogens is 350 g/mol. The highest BCUT2D eigenvalue weighted by molar-refractivity contribution is 5.48. The molecule has 0 fully saturated rings. The zero-order valence-corrected chi connectivity index (χ0v) is 18.8. The summed E-state index contributed by atoms with van der Waals surface area (Å²) in [5.41, 5.74) is 0. The van der Waals surface area contributed by atoms with Crippen LogP contribution >= 0.6 is 0 Å². The molecule has 0 aliphatic rings. The van der Waals surface area contributed by atoms with Crippen molar-refractivity contribution in [2.75, 3.05) is 27.2 Å². The van der Waals surface area contributed by atoms with E-state index in [9.17, 15) is 4.79 Å². The van der Waals surface area contributed by atoms with Gasteiger partial charge in [0.15, 0.2) is 0 Å². The Labute approximate surface area is 174 Å². The third-order valence-electron chi connectivity index (χ3n) is 5.19. The van der Waals surface area contributed by atoms with Gasteiger partial charge in [0, 0.05) is 19.4 Å². The van der Waals surface area contributed by atoms with Gasteiger partial charge >= 0.3 is 0 Å². The van der Waals surface area contributed by atoms with Gasteiger partial charge < -0.3 is 19.5 Å². The first-order valence-electron chi connectivity index (χ1n) is 11.6. The third kappa shape index (κ3) is 21.4. The van der Waals surface area contributed by atoms with Gasteiger partial charge in [-0.1, -0.05) is 57.9 Å². The molecule has 0 bridgehead atoms. The molecule has 0 saturated heterocycles. The van der Waals surface area contributed by atoms with E-state index < -0.39 is 0 Å². The molecule has 0 aromatic heterocycles. The van der Waals surface area contributed by atoms with Crippen LogP contribution in [0.1, 0.15) is 103 Å². The number of aldehydes is 1. The fourth-order valence-corrected chi connectivity index (χ4v) is 3.45. The molecule has 0 aliphatic heterocycles. The summed E-state index contributed by atoms with van der Waals surface area (Å²) in [6, 6.07) is 0. The monoisotopic (exact) mass is 397 g/mol. The van der Waals surface area contributed by atoms with Crippen LogP contribution in [0.5, 0.6) is 0 Å². The summed E-state index contributed by atoms with van der Waals surface area (Å²) in [5, 5.41) is 9.11. The van der Waals surface area contributed by atoms with Crippen LogP contribution in [-0.2, 0) is 9.53 Å². The minimum atomic E-state index is 0.314. The lowest BCUT2D eigenvalue weighted by molar-refractivity contribution is -0.107. The Balaban J connectivity index is 3.87. The molecule has 1 N–H and O–H groups in total. The highest BCUT2D eigenvalue weighted by Crippen LogP contribution is 2.17. The van der Waals surface area contributed by atoms with Crippen molar-refractivity contribution in [1.82, 2.24) is 4.90 Å². The Bertz CT molecular complexity index is 358. The van der Waals surface area contributed by atoms with E-state index in [1.807, 2.05) is 0 Å². The fraction of sp³-hybridized carbons (Fsp3) is 0.875. The van der Waals surface area contributed by atoms with Gasteiger partial charge in [0.2, 0.25) is 0 Å². The second kappa shape index (κ2) is 20.9. The topological polar surface area (TPSA) is 49.8 Å². The van der Waals surface area contributed by atoms with Crippen LogP contribution < -0.4 is 0 Å². The van der Waals surface area contributed by atoms with Crippen molar-refractivity contribution in [3.8, 4) is 0 Å². The van der Waals surface area contributed by atoms with Crippen molar-refractivity contribution in [2.24, 2.45) is 0 Å². The van der Waals surface area contributed by atoms with E-state index in [1.165, 1.54) is 70.6 Å². The van der Waals surface area contributed by atoms with E-state index >= 15 is 0 Å². The molecule has 0 aromatic carbocycles. The molecule has 4 nitrogen and oxygen atoms in total. The van der Waals surface area contributed by atoms with Gasteiger partial charge in [0.1, 0.15) is 6.29 Å². The summed E-state index contributed by atoms with van der Waals surface area (Å²) < 4.78 is 6.22. The van der Waals surface area contributed by atoms with Crippen LogP contribution in [0.15, 0.2) is 12.3 Å². The molecule has 1 unspecified atom stereocenters. The second-order valence-electron chi connectivity index (χ2n) is 8.39. The van der Waals surface area contributed by atoms with Crippen LogP contribution in [0.3, 0.4) is 0 Å². The van der Waals surface area contributed by atoms with Crippen molar-refractivity contribution < 1.29 is 14.6 Å². The maximum atomic E-state index is 10.3. The van der Waals surface area contributed by atoms with Crippen molar-refractivity contribution in [3.63, 3.8) is 0 Å². The van der Waals surface area contributed by atoms with E-state index in [0.717, 1.165) is 45.1 Å². The van der Waals surface area contributed by atoms with E-state index in [0.29, 0.717) is 18.3 Å². The lowest BCUT2D eigenvalue weighted by Crippen LogP contribution is -2.16. The van der Waals surface area contributed by atoms with Gasteiger partial charge in [-0.2, -0.15) is 0 Å². The quantitative estimate of drug-likeness (QED) is 0.130. The lowest BCUT2D eigenvalue weighted by Gasteiger charge is -2.18. The molecule has 0 aromatic rings. The number of aliphatic hydroxyl groups is 1. The Morgan fingerprint density at radius 3 is 2.04 bits per heavy atom. The van der Waals surface area contributed by atoms with Gasteiger partial charge in [-0.15, -0.1) is 0 Å². The van der Waals surface area contributed by atoms with Crippen molar-refractivity contribution in [3.05, 3.63) is 12.3 Å². The Morgan fingerprint density at radius 2 is 1.46 bits per heavy atom. The first-order chi connectivity index (χ1) is 13.6. The number of carbonyl (C=O) groups is 1. The number of carbonyl (C=O) groups excluding carboxylic acids is 1. The predicted octanol–water partition coefficient (Wildman–Crippen LogP) is 6.45. The highest BCUT2D eigenvalue weighted by atomic mass is 16.5. The molecular formula is C24H47NO3. The molecule has 0 amide bonds. The van der Waals surface area contributed by atoms with E-state index in [-0.39, 0.29) is 0 Å². The number of unbranched alkanes of at least 4 members (excludes halogenated alkanes) is 10. The Hall–Kier alpha value is -0.870. The van der Waals surface area contributed by atoms with Gasteiger partial charge in [0.25, 0.3) is 0 Å². The zero-order valence-electron chi connectivity index (χ0n) is 18.8. The minimum absolute atomic E-state index is 0.314. The predicted molar refractivity (Wildman–Crippen MR) is 120 cm³/mol. The molecule has 166 valence electrons. The molecule has 4 heteroatoms. The number of ether oxygens (including phenoxy) is 1. The number of hydrogen-bond acceptors (Lipinski definition) is 4. The molecule has 0 spiro atoms. The van der Waals surface area contributed by atoms with Crippen LogP contribution in [0.25, 0.3) is 0 Å². The smallest absolute Gasteiger partial charge is 0.119 e. The lowest BCUT2D eigenvalue weighted by atomic mass is 10.0. The molecule has 0 radical (unpaired) electrons. The largest absolute Gasteiger partial charge is 0.513 e. The summed E-state index contributed by atoms with van der Waals surface area (Å²) in [4.78, 5) is 12.6. The average molecular weight is 398 g/mol. The molecule has 0 saturated carbocycles. The summed E-state index contributed by atoms with van der Waals surface area (Å²) >= 11 is 0. The summed E-state index contributed by atoms with van der Waals surface area (Å²) in [6.07, 6.45) is 19.5. The average Bonchev–Trinajstić information content (AvgIpc) is 2.65. The van der Waals surface area contributed by atoms with Crippen molar-refractivity contribution >= 4 is 6.29 Å². The molecule has 0 aliphatic carbocycles. The van der Waals surface area contributed by atoms with Gasteiger partial charge in [-0.3, -0.25) is 0 Å². The normalized spacial score (nSPS) is 12.4. The second-order valence-corrected chi connectivity index (χ2v) is 8.39. The molecule has 0 rings (SSSR count). The molecule has 28 heavy (non-hydrogen) atoms. The summed E-state index contributed by atoms with van der Waals surface area (Å²) in [7, 11) is 4.24. The number of allylic oxidation sites excluding steroid dienone is 1. The highest BCUT2D eigenvalue weighted by Gasteiger charge is 2.09. The Morgan fingerprint density at radius 1 is 0.893 bits per heavy atom. The van der Waals surface area contributed by atoms with Gasteiger partial charge in [0.05, 0.1) is 11.9 Å². The third-order valence-corrected chi connectivity index (χ3v) is 5.19. The van der Waals surface area contributed by atoms with Gasteiger partial charge in [-0.25, -0.2) is 0 Å². The van der Waals surface area contributed by atoms with Crippen LogP contribution in [0, 0.1) is 0 Å². The fourth-order valence-electron chi connectivity index (χ4n) is 3.45. The first kappa shape index (κ1) is 27.1. The Kier molecular flexibility index (Phi) is 20.2. The van der Waals surface area contributed by atoms with Crippen molar-refractivity contribution in [2.45, 2.75) is 109 Å². The van der Waals surface area contributed by atoms with E-state index in [4.69, 9.17) is 9.84 Å². The first-order valence-corrected chi connectivity index (χ1v) is 11.6. The summed E-state index contributed by atoms with van der Waals surface area (Å²) in [5.74, 6) is 0.314. The maximum Gasteiger partial charge on any atom is 0.119 e. The van der Waals surface area contributed by atoms with Crippen LogP contribution in [0.2, 0.25) is 0 Å². The van der Waals surface area contributed by atoms with E-state index in [1.54, 1.807) is 0 Å². The number of rotatable bonds is 22. The van der Waals surface area contributed by atoms with Crippen LogP contribution in [0.4, 0.5) is 0 Å². The van der Waals surface area contributed by atoms with Crippen LogP contribution in [-0.4, -0.2) is 49.6 Å². The molecule has 1 atom stereocenters. The van der Waals surface area contributed by atoms with E-state index in [2.05, 4.69) is 25.6 Å². The standard InChI is InChI=1S/C24H47NO3/c1-23(27)17-11-7-6-9-13-19-24(28-22-16-14-20-25(2)3)18-12-8-4-5-10-15-21-26/h21,24,27H,1,4-20,22H2,2-3H3. The maximum absolute atomic E-state index is 10.3. The zero-order chi connectivity index (χ0) is 20.9. The number of nitrogens with zero attached hydrogens (tertiary/aromatic N) is 1. The summed E-state index contributed by atoms with van der Waals surface area (Å²) in [6.45, 7) is 5.56. The molecule has 0 heterocycles. The number of aliphatic hydroxyl groups excluding tert-OH is 1. The SMILES string of the molecule is C=C(O)CCCCCCCC(CCCCCCCC=O)OCCCCN(C)C. The number of hydrogen-bond donors (Lipinski definition) is 1. The minimum Gasteiger partial charge on any atom is -0.513 e.